The van der Waals surface area contributed by atoms with E-state index in [-0.39, 0.29) is 11.8 Å². The number of carbonyl (C=O) groups is 2. The fourth-order valence-corrected chi connectivity index (χ4v) is 2.46. The van der Waals surface area contributed by atoms with E-state index < -0.39 is 0 Å². The maximum Gasteiger partial charge on any atom is 0.226 e. The zero-order chi connectivity index (χ0) is 17.5. The first-order valence-electron chi connectivity index (χ1n) is 7.92. The van der Waals surface area contributed by atoms with Crippen LogP contribution in [0, 0.1) is 13.8 Å². The third kappa shape index (κ3) is 5.76. The van der Waals surface area contributed by atoms with Crippen LogP contribution in [-0.2, 0) is 9.59 Å². The van der Waals surface area contributed by atoms with Gasteiger partial charge < -0.3 is 16.0 Å². The second kappa shape index (κ2) is 8.15. The molecule has 0 aromatic heterocycles. The summed E-state index contributed by atoms with van der Waals surface area (Å²) in [5.41, 5.74) is 4.83. The summed E-state index contributed by atoms with van der Waals surface area (Å²) in [6.45, 7) is 6.13. The van der Waals surface area contributed by atoms with Crippen molar-refractivity contribution in [3.05, 3.63) is 53.6 Å². The number of amides is 2. The lowest BCUT2D eigenvalue weighted by Gasteiger charge is -2.10. The van der Waals surface area contributed by atoms with E-state index in [1.807, 2.05) is 0 Å². The van der Waals surface area contributed by atoms with E-state index in [1.54, 1.807) is 24.3 Å². The summed E-state index contributed by atoms with van der Waals surface area (Å²) >= 11 is 0. The Kier molecular flexibility index (Phi) is 5.95. The highest BCUT2D eigenvalue weighted by atomic mass is 16.2. The zero-order valence-corrected chi connectivity index (χ0v) is 14.3. The molecule has 3 N–H and O–H groups in total. The second-order valence-electron chi connectivity index (χ2n) is 5.86. The lowest BCUT2D eigenvalue weighted by atomic mass is 10.1. The third-order valence-electron chi connectivity index (χ3n) is 3.39. The van der Waals surface area contributed by atoms with E-state index in [4.69, 9.17) is 0 Å². The molecule has 0 fully saturated rings. The fourth-order valence-electron chi connectivity index (χ4n) is 2.46. The van der Waals surface area contributed by atoms with Crippen molar-refractivity contribution < 1.29 is 9.59 Å². The average Bonchev–Trinajstić information content (AvgIpc) is 2.48. The summed E-state index contributed by atoms with van der Waals surface area (Å²) in [7, 11) is 0. The van der Waals surface area contributed by atoms with Crippen molar-refractivity contribution >= 4 is 28.9 Å². The number of carbonyl (C=O) groups excluding carboxylic acids is 2. The molecule has 2 aromatic rings. The molecule has 2 rings (SSSR count). The molecular formula is C19H23N3O2. The first kappa shape index (κ1) is 17.5. The van der Waals surface area contributed by atoms with E-state index in [2.05, 4.69) is 48.0 Å². The quantitative estimate of drug-likeness (QED) is 0.758. The Hall–Kier alpha value is -2.82. The van der Waals surface area contributed by atoms with Gasteiger partial charge in [-0.25, -0.2) is 0 Å². The summed E-state index contributed by atoms with van der Waals surface area (Å²) in [5.74, 6) is -0.177. The molecule has 0 atom stereocenters. The highest BCUT2D eigenvalue weighted by Gasteiger charge is 2.03. The Balaban J connectivity index is 1.79. The molecule has 0 saturated heterocycles. The predicted octanol–water partition coefficient (Wildman–Crippen LogP) is 3.70. The minimum Gasteiger partial charge on any atom is -0.385 e. The Bertz CT molecular complexity index is 704. The molecule has 0 bridgehead atoms. The topological polar surface area (TPSA) is 70.2 Å². The lowest BCUT2D eigenvalue weighted by Crippen LogP contribution is -2.16. The maximum atomic E-state index is 12.0. The summed E-state index contributed by atoms with van der Waals surface area (Å²) in [6.07, 6.45) is 0.375. The van der Waals surface area contributed by atoms with Crippen molar-refractivity contribution in [1.29, 1.82) is 0 Å². The maximum absolute atomic E-state index is 12.0. The van der Waals surface area contributed by atoms with E-state index in [0.29, 0.717) is 24.3 Å². The molecule has 126 valence electrons. The van der Waals surface area contributed by atoms with Gasteiger partial charge in [-0.15, -0.1) is 0 Å². The van der Waals surface area contributed by atoms with Crippen molar-refractivity contribution in [2.24, 2.45) is 0 Å². The van der Waals surface area contributed by atoms with Crippen molar-refractivity contribution in [1.82, 2.24) is 0 Å². The summed E-state index contributed by atoms with van der Waals surface area (Å²) in [5, 5.41) is 8.79. The van der Waals surface area contributed by atoms with Crippen LogP contribution in [0.25, 0.3) is 0 Å². The van der Waals surface area contributed by atoms with Gasteiger partial charge in [0.2, 0.25) is 11.8 Å². The molecule has 0 heterocycles. The molecule has 0 unspecified atom stereocenters. The summed E-state index contributed by atoms with van der Waals surface area (Å²) in [6, 6.07) is 13.3. The van der Waals surface area contributed by atoms with Gasteiger partial charge in [-0.05, 0) is 61.4 Å². The van der Waals surface area contributed by atoms with Crippen molar-refractivity contribution in [3.8, 4) is 0 Å². The van der Waals surface area contributed by atoms with Gasteiger partial charge >= 0.3 is 0 Å². The van der Waals surface area contributed by atoms with Crippen LogP contribution in [0.3, 0.4) is 0 Å². The molecular weight excluding hydrogens is 302 g/mol. The van der Waals surface area contributed by atoms with E-state index in [9.17, 15) is 9.59 Å². The van der Waals surface area contributed by atoms with Crippen molar-refractivity contribution in [3.63, 3.8) is 0 Å². The van der Waals surface area contributed by atoms with Gasteiger partial charge in [0.05, 0.1) is 0 Å². The molecule has 2 amide bonds. The minimum atomic E-state index is -0.121. The molecule has 0 radical (unpaired) electrons. The highest BCUT2D eigenvalue weighted by Crippen LogP contribution is 2.15. The van der Waals surface area contributed by atoms with Crippen molar-refractivity contribution in [2.75, 3.05) is 22.5 Å². The van der Waals surface area contributed by atoms with Crippen LogP contribution in [0.5, 0.6) is 0 Å². The first-order valence-corrected chi connectivity index (χ1v) is 7.92. The van der Waals surface area contributed by atoms with Crippen LogP contribution >= 0.6 is 0 Å². The molecule has 0 aliphatic heterocycles. The number of hydrogen-bond acceptors (Lipinski definition) is 3. The van der Waals surface area contributed by atoms with Gasteiger partial charge in [0.15, 0.2) is 0 Å². The number of nitrogens with one attached hydrogen (secondary N) is 3. The molecule has 2 aromatic carbocycles. The van der Waals surface area contributed by atoms with Crippen LogP contribution in [0.15, 0.2) is 42.5 Å². The fraction of sp³-hybridized carbons (Fsp3) is 0.263. The van der Waals surface area contributed by atoms with Crippen LogP contribution in [0.4, 0.5) is 17.1 Å². The van der Waals surface area contributed by atoms with Crippen LogP contribution in [0.2, 0.25) is 0 Å². The van der Waals surface area contributed by atoms with Gasteiger partial charge in [-0.3, -0.25) is 9.59 Å². The Morgan fingerprint density at radius 2 is 1.38 bits per heavy atom. The number of aryl methyl sites for hydroxylation is 2. The van der Waals surface area contributed by atoms with Gasteiger partial charge in [-0.2, -0.15) is 0 Å². The Labute approximate surface area is 142 Å². The SMILES string of the molecule is CC(=O)Nc1ccc(NC(=O)CCNc2cc(C)cc(C)c2)cc1. The Morgan fingerprint density at radius 1 is 0.833 bits per heavy atom. The largest absolute Gasteiger partial charge is 0.385 e. The zero-order valence-electron chi connectivity index (χ0n) is 14.3. The minimum absolute atomic E-state index is 0.0563. The molecule has 0 aliphatic carbocycles. The highest BCUT2D eigenvalue weighted by molar-refractivity contribution is 5.92. The summed E-state index contributed by atoms with van der Waals surface area (Å²) < 4.78 is 0. The number of hydrogen-bond donors (Lipinski definition) is 3. The Morgan fingerprint density at radius 3 is 1.92 bits per heavy atom. The van der Waals surface area contributed by atoms with E-state index in [1.165, 1.54) is 18.1 Å². The molecule has 5 nitrogen and oxygen atoms in total. The number of rotatable bonds is 6. The van der Waals surface area contributed by atoms with Gasteiger partial charge in [-0.1, -0.05) is 6.07 Å². The third-order valence-corrected chi connectivity index (χ3v) is 3.39. The number of anilines is 3. The molecule has 0 aliphatic rings. The van der Waals surface area contributed by atoms with Gasteiger partial charge in [0.1, 0.15) is 0 Å². The van der Waals surface area contributed by atoms with Crippen LogP contribution < -0.4 is 16.0 Å². The standard InChI is InChI=1S/C19H23N3O2/c1-13-10-14(2)12-18(11-13)20-9-8-19(24)22-17-6-4-16(5-7-17)21-15(3)23/h4-7,10-12,20H,8-9H2,1-3H3,(H,21,23)(H,22,24). The monoisotopic (exact) mass is 325 g/mol. The van der Waals surface area contributed by atoms with Crippen LogP contribution in [0.1, 0.15) is 24.5 Å². The molecule has 24 heavy (non-hydrogen) atoms. The van der Waals surface area contributed by atoms with E-state index in [0.717, 1.165) is 5.69 Å². The van der Waals surface area contributed by atoms with Gasteiger partial charge in [0, 0.05) is 37.0 Å². The smallest absolute Gasteiger partial charge is 0.226 e. The summed E-state index contributed by atoms with van der Waals surface area (Å²) in [4.78, 5) is 22.9. The molecule has 0 saturated carbocycles. The molecule has 5 heteroatoms. The average molecular weight is 325 g/mol. The normalized spacial score (nSPS) is 10.1. The lowest BCUT2D eigenvalue weighted by molar-refractivity contribution is -0.116. The predicted molar refractivity (Wildman–Crippen MR) is 98.4 cm³/mol. The van der Waals surface area contributed by atoms with E-state index >= 15 is 0 Å². The number of benzene rings is 2. The second-order valence-corrected chi connectivity index (χ2v) is 5.86. The van der Waals surface area contributed by atoms with Gasteiger partial charge in [0.25, 0.3) is 0 Å². The van der Waals surface area contributed by atoms with Crippen LogP contribution in [-0.4, -0.2) is 18.4 Å². The van der Waals surface area contributed by atoms with Crippen molar-refractivity contribution in [2.45, 2.75) is 27.2 Å². The first-order chi connectivity index (χ1) is 11.4. The molecule has 0 spiro atoms.